The van der Waals surface area contributed by atoms with Gasteiger partial charge >= 0.3 is 6.01 Å². The van der Waals surface area contributed by atoms with Gasteiger partial charge in [0.25, 0.3) is 5.91 Å². The molecule has 31 heavy (non-hydrogen) atoms. The van der Waals surface area contributed by atoms with Crippen LogP contribution < -0.4 is 5.32 Å². The van der Waals surface area contributed by atoms with Crippen molar-refractivity contribution < 1.29 is 26.0 Å². The monoisotopic (exact) mass is 463 g/mol. The summed E-state index contributed by atoms with van der Waals surface area (Å²) in [4.78, 5) is 12.7. The molecular weight excluding hydrogens is 442 g/mol. The number of nitrogens with zero attached hydrogens (tertiary/aromatic N) is 2. The van der Waals surface area contributed by atoms with Crippen molar-refractivity contribution in [1.82, 2.24) is 10.2 Å². The minimum Gasteiger partial charge on any atom is -0.407 e. The van der Waals surface area contributed by atoms with Crippen molar-refractivity contribution in [3.05, 3.63) is 65.5 Å². The summed E-state index contributed by atoms with van der Waals surface area (Å²) in [7, 11) is -6.80. The van der Waals surface area contributed by atoms with Crippen LogP contribution in [0.25, 0.3) is 0 Å². The van der Waals surface area contributed by atoms with Gasteiger partial charge in [-0.1, -0.05) is 23.3 Å². The number of hydrogen-bond donors (Lipinski definition) is 1. The molecule has 164 valence electrons. The fraction of sp³-hybridized carbons (Fsp3) is 0.250. The molecule has 0 bridgehead atoms. The summed E-state index contributed by atoms with van der Waals surface area (Å²) in [6.45, 7) is 3.13. The van der Waals surface area contributed by atoms with Crippen LogP contribution in [0.5, 0.6) is 0 Å². The number of hydrogen-bond acceptors (Lipinski definition) is 8. The molecule has 0 radical (unpaired) electrons. The van der Waals surface area contributed by atoms with Crippen LogP contribution in [-0.2, 0) is 26.1 Å². The number of carbonyl (C=O) groups excluding carboxylic acids is 1. The van der Waals surface area contributed by atoms with Gasteiger partial charge in [-0.15, -0.1) is 5.10 Å². The van der Waals surface area contributed by atoms with Crippen molar-refractivity contribution in [1.29, 1.82) is 0 Å². The summed E-state index contributed by atoms with van der Waals surface area (Å²) in [5, 5.41) is 9.47. The van der Waals surface area contributed by atoms with Crippen LogP contribution in [0.2, 0.25) is 0 Å². The maximum atomic E-state index is 12.5. The molecule has 0 fully saturated rings. The Morgan fingerprint density at radius 2 is 1.68 bits per heavy atom. The second-order valence-corrected chi connectivity index (χ2v) is 11.7. The van der Waals surface area contributed by atoms with Gasteiger partial charge in [-0.25, -0.2) is 16.8 Å². The van der Waals surface area contributed by atoms with E-state index in [1.54, 1.807) is 26.0 Å². The average Bonchev–Trinajstić information content (AvgIpc) is 3.14. The van der Waals surface area contributed by atoms with Gasteiger partial charge in [-0.3, -0.25) is 10.1 Å². The summed E-state index contributed by atoms with van der Waals surface area (Å²) in [5.41, 5.74) is 0.887. The molecule has 0 atom stereocenters. The first kappa shape index (κ1) is 22.6. The predicted octanol–water partition coefficient (Wildman–Crippen LogP) is 2.50. The molecular formula is C20H21N3O6S2. The number of amides is 1. The highest BCUT2D eigenvalue weighted by atomic mass is 32.2. The minimum atomic E-state index is -3.52. The van der Waals surface area contributed by atoms with E-state index in [0.29, 0.717) is 0 Å². The van der Waals surface area contributed by atoms with E-state index in [4.69, 9.17) is 4.42 Å². The zero-order chi connectivity index (χ0) is 22.8. The molecule has 0 unspecified atom stereocenters. The van der Waals surface area contributed by atoms with E-state index in [1.807, 2.05) is 0 Å². The summed E-state index contributed by atoms with van der Waals surface area (Å²) >= 11 is 0. The lowest BCUT2D eigenvalue weighted by Gasteiger charge is -2.09. The molecule has 11 heteroatoms. The molecule has 0 aliphatic heterocycles. The number of aromatic nitrogens is 2. The highest BCUT2D eigenvalue weighted by molar-refractivity contribution is 7.92. The van der Waals surface area contributed by atoms with Gasteiger partial charge in [0, 0.05) is 11.8 Å². The highest BCUT2D eigenvalue weighted by Crippen LogP contribution is 2.19. The summed E-state index contributed by atoms with van der Waals surface area (Å²) in [6.07, 6.45) is 1.37. The first-order valence-electron chi connectivity index (χ1n) is 9.23. The number of benzene rings is 2. The topological polar surface area (TPSA) is 136 Å². The van der Waals surface area contributed by atoms with Crippen molar-refractivity contribution in [2.45, 2.75) is 35.3 Å². The van der Waals surface area contributed by atoms with Crippen LogP contribution in [0.3, 0.4) is 0 Å². The molecule has 0 aliphatic carbocycles. The van der Waals surface area contributed by atoms with E-state index < -0.39 is 30.8 Å². The fourth-order valence-electron chi connectivity index (χ4n) is 2.66. The van der Waals surface area contributed by atoms with Crippen molar-refractivity contribution in [3.63, 3.8) is 0 Å². The Hall–Kier alpha value is -3.05. The number of sulfone groups is 2. The average molecular weight is 464 g/mol. The number of rotatable bonds is 7. The molecule has 2 aromatic carbocycles. The Morgan fingerprint density at radius 1 is 1.00 bits per heavy atom. The van der Waals surface area contributed by atoms with Gasteiger partial charge in [0.15, 0.2) is 19.7 Å². The van der Waals surface area contributed by atoms with E-state index in [-0.39, 0.29) is 33.7 Å². The Morgan fingerprint density at radius 3 is 2.29 bits per heavy atom. The molecule has 1 amide bonds. The van der Waals surface area contributed by atoms with Gasteiger partial charge in [0.05, 0.1) is 21.5 Å². The van der Waals surface area contributed by atoms with E-state index in [9.17, 15) is 21.6 Å². The Labute approximate surface area is 180 Å². The van der Waals surface area contributed by atoms with E-state index in [0.717, 1.165) is 11.8 Å². The summed E-state index contributed by atoms with van der Waals surface area (Å²) < 4.78 is 53.1. The van der Waals surface area contributed by atoms with E-state index in [2.05, 4.69) is 15.5 Å². The third-order valence-corrected chi connectivity index (χ3v) is 7.72. The summed E-state index contributed by atoms with van der Waals surface area (Å²) in [6, 6.07) is 11.8. The Balaban J connectivity index is 1.71. The SMILES string of the molecule is CC(C)S(=O)(=O)c1cccc(C(=O)Nc2nnc(Cc3ccc(S(C)(=O)=O)cc3)o2)c1. The van der Waals surface area contributed by atoms with Gasteiger partial charge < -0.3 is 4.42 Å². The lowest BCUT2D eigenvalue weighted by Crippen LogP contribution is -2.16. The zero-order valence-electron chi connectivity index (χ0n) is 17.1. The van der Waals surface area contributed by atoms with Crippen molar-refractivity contribution in [3.8, 4) is 0 Å². The third kappa shape index (κ3) is 5.36. The largest absolute Gasteiger partial charge is 0.407 e. The highest BCUT2D eigenvalue weighted by Gasteiger charge is 2.21. The zero-order valence-corrected chi connectivity index (χ0v) is 18.7. The predicted molar refractivity (Wildman–Crippen MR) is 113 cm³/mol. The van der Waals surface area contributed by atoms with Crippen molar-refractivity contribution in [2.24, 2.45) is 0 Å². The smallest absolute Gasteiger partial charge is 0.322 e. The standard InChI is InChI=1S/C20H21N3O6S2/c1-13(2)31(27,28)17-6-4-5-15(12-17)19(24)21-20-23-22-18(29-20)11-14-7-9-16(10-8-14)30(3,25)26/h4-10,12-13H,11H2,1-3H3,(H,21,23,24). The molecule has 1 heterocycles. The minimum absolute atomic E-state index is 0.0545. The molecule has 3 rings (SSSR count). The molecule has 9 nitrogen and oxygen atoms in total. The second-order valence-electron chi connectivity index (χ2n) is 7.17. The molecule has 1 N–H and O–H groups in total. The first-order valence-corrected chi connectivity index (χ1v) is 12.7. The van der Waals surface area contributed by atoms with E-state index >= 15 is 0 Å². The quantitative estimate of drug-likeness (QED) is 0.564. The number of carbonyl (C=O) groups is 1. The summed E-state index contributed by atoms with van der Waals surface area (Å²) in [5.74, 6) is -0.368. The van der Waals surface area contributed by atoms with Crippen LogP contribution in [0.4, 0.5) is 6.01 Å². The molecule has 3 aromatic rings. The van der Waals surface area contributed by atoms with Crippen LogP contribution in [0, 0.1) is 0 Å². The van der Waals surface area contributed by atoms with Crippen LogP contribution in [-0.4, -0.2) is 44.4 Å². The van der Waals surface area contributed by atoms with Gasteiger partial charge in [0.1, 0.15) is 0 Å². The van der Waals surface area contributed by atoms with E-state index in [1.165, 1.54) is 36.4 Å². The van der Waals surface area contributed by atoms with Crippen LogP contribution >= 0.6 is 0 Å². The van der Waals surface area contributed by atoms with Gasteiger partial charge in [-0.05, 0) is 49.7 Å². The molecule has 0 aliphatic rings. The number of nitrogens with one attached hydrogen (secondary N) is 1. The first-order chi connectivity index (χ1) is 14.5. The maximum absolute atomic E-state index is 12.5. The molecule has 0 saturated heterocycles. The molecule has 0 saturated carbocycles. The molecule has 1 aromatic heterocycles. The fourth-order valence-corrected chi connectivity index (χ4v) is 4.39. The molecule has 0 spiro atoms. The Bertz CT molecular complexity index is 1310. The van der Waals surface area contributed by atoms with Crippen molar-refractivity contribution >= 4 is 31.6 Å². The lowest BCUT2D eigenvalue weighted by atomic mass is 10.1. The van der Waals surface area contributed by atoms with Crippen LogP contribution in [0.1, 0.15) is 35.7 Å². The maximum Gasteiger partial charge on any atom is 0.322 e. The normalized spacial score (nSPS) is 12.1. The Kier molecular flexibility index (Phi) is 6.27. The third-order valence-electron chi connectivity index (χ3n) is 4.44. The number of anilines is 1. The second kappa shape index (κ2) is 8.60. The van der Waals surface area contributed by atoms with Gasteiger partial charge in [-0.2, -0.15) is 0 Å². The van der Waals surface area contributed by atoms with Crippen LogP contribution in [0.15, 0.2) is 62.7 Å². The lowest BCUT2D eigenvalue weighted by molar-refractivity contribution is 0.102. The van der Waals surface area contributed by atoms with Gasteiger partial charge in [0.2, 0.25) is 5.89 Å². The van der Waals surface area contributed by atoms with Crippen molar-refractivity contribution in [2.75, 3.05) is 11.6 Å².